The predicted molar refractivity (Wildman–Crippen MR) is 235 cm³/mol. The molecular weight excluding hydrogens is 863 g/mol. The van der Waals surface area contributed by atoms with Gasteiger partial charge in [0, 0.05) is 30.6 Å². The van der Waals surface area contributed by atoms with Gasteiger partial charge in [0.25, 0.3) is 5.91 Å². The van der Waals surface area contributed by atoms with Crippen molar-refractivity contribution in [1.82, 2.24) is 13.9 Å². The molecule has 5 aromatic carbocycles. The number of carboxylic acids is 2. The van der Waals surface area contributed by atoms with Gasteiger partial charge in [-0.25, -0.2) is 16.8 Å². The van der Waals surface area contributed by atoms with Crippen molar-refractivity contribution in [2.45, 2.75) is 41.6 Å². The van der Waals surface area contributed by atoms with Gasteiger partial charge in [-0.15, -0.1) is 0 Å². The third-order valence-corrected chi connectivity index (χ3v) is 14.8. The number of nitrogens with zero attached hydrogens (tertiary/aromatic N) is 2. The van der Waals surface area contributed by atoms with E-state index in [-0.39, 0.29) is 26.8 Å². The van der Waals surface area contributed by atoms with E-state index in [0.717, 1.165) is 41.7 Å². The number of aliphatic carboxylic acids is 2. The number of ether oxygens (including phenoxy) is 2. The van der Waals surface area contributed by atoms with Crippen molar-refractivity contribution in [3.8, 4) is 11.5 Å². The first kappa shape index (κ1) is 43.7. The Balaban J connectivity index is 0.990. The summed E-state index contributed by atoms with van der Waals surface area (Å²) < 4.78 is 68.7. The lowest BCUT2D eigenvalue weighted by Gasteiger charge is -2.27. The van der Waals surface area contributed by atoms with Gasteiger partial charge in [0.1, 0.15) is 30.7 Å². The van der Waals surface area contributed by atoms with E-state index in [1.807, 2.05) is 54.6 Å². The minimum Gasteiger partial charge on any atom is -0.497 e. The topological polar surface area (TPSA) is 217 Å². The molecule has 0 saturated carbocycles. The van der Waals surface area contributed by atoms with Gasteiger partial charge in [-0.3, -0.25) is 14.4 Å². The van der Waals surface area contributed by atoms with Gasteiger partial charge < -0.3 is 30.1 Å². The van der Waals surface area contributed by atoms with Crippen LogP contribution in [-0.2, 0) is 42.7 Å². The zero-order valence-electron chi connectivity index (χ0n) is 34.1. The van der Waals surface area contributed by atoms with Gasteiger partial charge >= 0.3 is 11.9 Å². The molecule has 4 aliphatic rings. The number of carbonyl (C=O) groups is 3. The molecule has 2 bridgehead atoms. The van der Waals surface area contributed by atoms with Crippen LogP contribution >= 0.6 is 0 Å². The van der Waals surface area contributed by atoms with Gasteiger partial charge in [-0.05, 0) is 111 Å². The largest absolute Gasteiger partial charge is 0.497 e. The van der Waals surface area contributed by atoms with E-state index in [9.17, 15) is 46.5 Å². The van der Waals surface area contributed by atoms with Crippen molar-refractivity contribution in [3.05, 3.63) is 172 Å². The fraction of sp³-hybridized carbons (Fsp3) is 0.170. The first-order valence-corrected chi connectivity index (χ1v) is 22.8. The highest BCUT2D eigenvalue weighted by Crippen LogP contribution is 2.38. The van der Waals surface area contributed by atoms with Gasteiger partial charge in [0.15, 0.2) is 6.23 Å². The van der Waals surface area contributed by atoms with Crippen molar-refractivity contribution in [2.24, 2.45) is 0 Å². The Bertz CT molecular complexity index is 3050. The van der Waals surface area contributed by atoms with Gasteiger partial charge in [-0.2, -0.15) is 8.61 Å². The smallest absolute Gasteiger partial charge is 0.318 e. The number of nitrogens with one attached hydrogen (secondary N) is 1. The summed E-state index contributed by atoms with van der Waals surface area (Å²) >= 11 is 0. The lowest BCUT2D eigenvalue weighted by Crippen LogP contribution is -2.37. The Morgan fingerprint density at radius 3 is 1.91 bits per heavy atom. The number of methoxy groups -OCH3 is 1. The summed E-state index contributed by atoms with van der Waals surface area (Å²) in [6.07, 6.45) is 8.86. The minimum absolute atomic E-state index is 0.186. The van der Waals surface area contributed by atoms with Crippen LogP contribution in [0.15, 0.2) is 154 Å². The number of hydrogen-bond donors (Lipinski definition) is 4. The van der Waals surface area contributed by atoms with Gasteiger partial charge in [0.2, 0.25) is 20.0 Å². The monoisotopic (exact) mass is 903 g/mol. The summed E-state index contributed by atoms with van der Waals surface area (Å²) in [5, 5.41) is 34.0. The van der Waals surface area contributed by atoms with Crippen LogP contribution in [-0.4, -0.2) is 84.9 Å². The molecule has 1 amide bonds. The molecule has 0 spiro atoms. The highest BCUT2D eigenvalue weighted by atomic mass is 32.2. The lowest BCUT2D eigenvalue weighted by molar-refractivity contribution is -0.138. The fourth-order valence-electron chi connectivity index (χ4n) is 7.89. The number of fused-ring (bicyclic) bond motifs is 5. The summed E-state index contributed by atoms with van der Waals surface area (Å²) in [6, 6.07) is 26.8. The number of hydrogen-bond acceptors (Lipinski definition) is 10. The average molecular weight is 904 g/mol. The van der Waals surface area contributed by atoms with Crippen LogP contribution in [0, 0.1) is 0 Å². The fourth-order valence-corrected chi connectivity index (χ4v) is 10.6. The second kappa shape index (κ2) is 17.7. The molecule has 0 saturated heterocycles. The molecule has 1 heterocycles. The average Bonchev–Trinajstić information content (AvgIpc) is 3.54. The maximum atomic E-state index is 14.1. The Morgan fingerprint density at radius 2 is 1.33 bits per heavy atom. The van der Waals surface area contributed by atoms with E-state index in [1.165, 1.54) is 67.8 Å². The Kier molecular flexibility index (Phi) is 12.1. The summed E-state index contributed by atoms with van der Waals surface area (Å²) in [4.78, 5) is 36.0. The zero-order valence-corrected chi connectivity index (χ0v) is 35.8. The van der Waals surface area contributed by atoms with Crippen LogP contribution in [0.3, 0.4) is 0 Å². The quantitative estimate of drug-likeness (QED) is 0.0926. The van der Waals surface area contributed by atoms with Crippen LogP contribution in [0.25, 0.3) is 16.3 Å². The number of aliphatic hydroxyl groups excluding tert-OH is 1. The van der Waals surface area contributed by atoms with Crippen LogP contribution in [0.1, 0.15) is 45.3 Å². The number of rotatable bonds is 16. The molecule has 15 nitrogen and oxygen atoms in total. The molecule has 0 aromatic heterocycles. The molecule has 2 atom stereocenters. The molecule has 17 heteroatoms. The van der Waals surface area contributed by atoms with Gasteiger partial charge in [-0.1, -0.05) is 66.8 Å². The Hall–Kier alpha value is -6.89. The van der Waals surface area contributed by atoms with E-state index >= 15 is 0 Å². The second-order valence-electron chi connectivity index (χ2n) is 15.2. The van der Waals surface area contributed by atoms with Crippen LogP contribution in [0.4, 0.5) is 0 Å². The molecule has 0 fully saturated rings. The molecule has 328 valence electrons. The third-order valence-electron chi connectivity index (χ3n) is 11.2. The summed E-state index contributed by atoms with van der Waals surface area (Å²) in [7, 11) is -7.44. The SMILES string of the molecule is COc1ccc(S(=O)(=O)N(CC(=O)O)Cc2ccccc2CN(CC(=O)O)S(=O)(=O)c2ccc(OC3CC4=CC=C3/C=C\C=C4c3ccc4cc5c(cc4c3)C(=O)NC5O)cc2)cc1. The number of benzene rings is 5. The molecule has 5 aromatic rings. The number of carbonyl (C=O) groups excluding carboxylic acids is 1. The second-order valence-corrected chi connectivity index (χ2v) is 19.1. The number of aliphatic hydroxyl groups is 1. The first-order valence-electron chi connectivity index (χ1n) is 19.9. The highest BCUT2D eigenvalue weighted by molar-refractivity contribution is 7.89. The van der Waals surface area contributed by atoms with E-state index in [2.05, 4.69) is 5.32 Å². The van der Waals surface area contributed by atoms with Crippen molar-refractivity contribution >= 4 is 54.2 Å². The van der Waals surface area contributed by atoms with E-state index in [4.69, 9.17) is 9.47 Å². The van der Waals surface area contributed by atoms with Crippen molar-refractivity contribution in [1.29, 1.82) is 0 Å². The normalized spacial score (nSPS) is 17.5. The van der Waals surface area contributed by atoms with Crippen LogP contribution in [0.2, 0.25) is 0 Å². The van der Waals surface area contributed by atoms with Crippen molar-refractivity contribution < 1.29 is 56.0 Å². The maximum absolute atomic E-state index is 14.1. The van der Waals surface area contributed by atoms with Crippen LogP contribution < -0.4 is 14.8 Å². The predicted octanol–water partition coefficient (Wildman–Crippen LogP) is 5.79. The summed E-state index contributed by atoms with van der Waals surface area (Å²) in [6.45, 7) is -2.76. The number of carboxylic acid groups (broad SMARTS) is 2. The lowest BCUT2D eigenvalue weighted by atomic mass is 9.84. The number of sulfonamides is 2. The standard InChI is InChI=1S/C47H41N3O12S2/c1-61-36-13-17-38(18-14-36)63(57,58)49(27-44(51)52)25-33-5-2-3-6-34(33)26-50(28-45(53)54)64(59,60)39-19-15-37(16-20-39)62-43-24-32-11-9-29(43)7-4-8-40(32)31-12-10-30-22-41-42(23-35(30)21-31)47(56)48-46(41)55/h2-23,43,46,55H,24-28H2,1H3,(H,48,56)(H,51,52)(H,53,54)/b7-4-,8-4?,29-7?,40-8?,40-32?. The van der Waals surface area contributed by atoms with Gasteiger partial charge in [0.05, 0.1) is 16.9 Å². The number of allylic oxidation sites excluding steroid dienone is 5. The van der Waals surface area contributed by atoms with Crippen molar-refractivity contribution in [3.63, 3.8) is 0 Å². The summed E-state index contributed by atoms with van der Waals surface area (Å²) in [5.74, 6) is -2.43. The molecule has 64 heavy (non-hydrogen) atoms. The van der Waals surface area contributed by atoms with E-state index in [0.29, 0.717) is 29.0 Å². The van der Waals surface area contributed by atoms with Crippen LogP contribution in [0.5, 0.6) is 11.5 Å². The maximum Gasteiger partial charge on any atom is 0.318 e. The molecule has 0 radical (unpaired) electrons. The highest BCUT2D eigenvalue weighted by Gasteiger charge is 2.32. The molecule has 3 aliphatic carbocycles. The van der Waals surface area contributed by atoms with E-state index in [1.54, 1.807) is 18.2 Å². The Labute approximate surface area is 368 Å². The van der Waals surface area contributed by atoms with Crippen molar-refractivity contribution in [2.75, 3.05) is 20.2 Å². The molecule has 2 unspecified atom stereocenters. The molecule has 1 aliphatic heterocycles. The van der Waals surface area contributed by atoms with E-state index < -0.39 is 70.5 Å². The zero-order chi connectivity index (χ0) is 45.3. The third kappa shape index (κ3) is 8.97. The minimum atomic E-state index is -4.48. The Morgan fingerprint density at radius 1 is 0.734 bits per heavy atom. The number of amides is 1. The first-order chi connectivity index (χ1) is 30.6. The molecular formula is C47H41N3O12S2. The molecule has 9 rings (SSSR count). The summed E-state index contributed by atoms with van der Waals surface area (Å²) in [5.41, 5.74) is 5.23. The molecule has 4 N–H and O–H groups in total.